The fourth-order valence-corrected chi connectivity index (χ4v) is 6.86. The molecule has 0 aliphatic heterocycles. The number of quaternary nitrogens is 1. The molecule has 2 unspecified atom stereocenters. The van der Waals surface area contributed by atoms with E-state index in [1.54, 1.807) is 0 Å². The molecule has 0 bridgehead atoms. The van der Waals surface area contributed by atoms with E-state index in [2.05, 4.69) is 26.0 Å². The molecular weight excluding hydrogens is 673 g/mol. The number of carbonyl (C=O) groups excluding carboxylic acids is 1. The van der Waals surface area contributed by atoms with Crippen molar-refractivity contribution in [2.75, 3.05) is 54.1 Å². The highest BCUT2D eigenvalue weighted by molar-refractivity contribution is 7.45. The van der Waals surface area contributed by atoms with Gasteiger partial charge in [0.25, 0.3) is 7.82 Å². The molecule has 0 heterocycles. The molecule has 0 aromatic carbocycles. The van der Waals surface area contributed by atoms with E-state index in [4.69, 9.17) is 18.5 Å². The van der Waals surface area contributed by atoms with E-state index in [9.17, 15) is 14.3 Å². The quantitative estimate of drug-likeness (QED) is 0.0201. The third-order valence-electron chi connectivity index (χ3n) is 9.57. The van der Waals surface area contributed by atoms with Crippen LogP contribution in [-0.2, 0) is 27.9 Å². The van der Waals surface area contributed by atoms with Crippen LogP contribution in [0.15, 0.2) is 12.2 Å². The molecular formula is C43H86NO7P. The van der Waals surface area contributed by atoms with Gasteiger partial charge in [0, 0.05) is 13.0 Å². The standard InChI is InChI=1S/C43H86NO7P/c1-6-8-10-12-14-16-18-19-20-21-22-23-24-25-27-29-31-33-35-38-48-40-42(41-50-52(46,47)49-39-37-44(3,4)5)51-43(45)36-34-32-30-28-26-17-15-13-11-9-7-2/h20-21,42H,6-19,22-41H2,1-5H3/b21-20-. The average molecular weight is 760 g/mol. The maximum absolute atomic E-state index is 12.6. The van der Waals surface area contributed by atoms with Crippen molar-refractivity contribution in [2.24, 2.45) is 0 Å². The second kappa shape index (κ2) is 37.2. The maximum atomic E-state index is 12.6. The largest absolute Gasteiger partial charge is 0.756 e. The van der Waals surface area contributed by atoms with Crippen molar-refractivity contribution in [1.29, 1.82) is 0 Å². The first-order valence-corrected chi connectivity index (χ1v) is 23.4. The molecule has 8 nitrogen and oxygen atoms in total. The van der Waals surface area contributed by atoms with E-state index < -0.39 is 13.9 Å². The second-order valence-corrected chi connectivity index (χ2v) is 17.5. The van der Waals surface area contributed by atoms with Gasteiger partial charge in [0.1, 0.15) is 19.3 Å². The number of allylic oxidation sites excluding steroid dienone is 2. The number of rotatable bonds is 41. The van der Waals surface area contributed by atoms with Crippen LogP contribution in [0.25, 0.3) is 0 Å². The molecule has 0 aliphatic rings. The third-order valence-corrected chi connectivity index (χ3v) is 10.5. The SMILES string of the molecule is CCCCCCCCC/C=C\CCCCCCCCCCOCC(COP(=O)([O-])OCC[N+](C)(C)C)OC(=O)CCCCCCCCCCCCC. The number of hydrogen-bond acceptors (Lipinski definition) is 7. The molecule has 2 atom stereocenters. The van der Waals surface area contributed by atoms with Crippen molar-refractivity contribution in [3.8, 4) is 0 Å². The molecule has 0 radical (unpaired) electrons. The Morgan fingerprint density at radius 1 is 0.577 bits per heavy atom. The van der Waals surface area contributed by atoms with E-state index >= 15 is 0 Å². The summed E-state index contributed by atoms with van der Waals surface area (Å²) < 4.78 is 34.5. The maximum Gasteiger partial charge on any atom is 0.306 e. The second-order valence-electron chi connectivity index (χ2n) is 16.1. The summed E-state index contributed by atoms with van der Waals surface area (Å²) in [5, 5.41) is 0. The van der Waals surface area contributed by atoms with Crippen LogP contribution in [0.1, 0.15) is 200 Å². The first-order chi connectivity index (χ1) is 25.1. The number of esters is 1. The molecule has 310 valence electrons. The van der Waals surface area contributed by atoms with E-state index in [0.717, 1.165) is 32.1 Å². The Morgan fingerprint density at radius 2 is 1.00 bits per heavy atom. The number of phosphoric acid groups is 1. The Labute approximate surface area is 322 Å². The summed E-state index contributed by atoms with van der Waals surface area (Å²) in [7, 11) is 1.36. The Kier molecular flexibility index (Phi) is 36.6. The van der Waals surface area contributed by atoms with Crippen molar-refractivity contribution in [1.82, 2.24) is 0 Å². The fourth-order valence-electron chi connectivity index (χ4n) is 6.13. The molecule has 0 fully saturated rings. The highest BCUT2D eigenvalue weighted by Crippen LogP contribution is 2.38. The number of hydrogen-bond donors (Lipinski definition) is 0. The van der Waals surface area contributed by atoms with Crippen LogP contribution in [0.2, 0.25) is 0 Å². The minimum Gasteiger partial charge on any atom is -0.756 e. The predicted molar refractivity (Wildman–Crippen MR) is 217 cm³/mol. The zero-order valence-corrected chi connectivity index (χ0v) is 35.9. The molecule has 0 rings (SSSR count). The van der Waals surface area contributed by atoms with Gasteiger partial charge in [-0.1, -0.05) is 167 Å². The van der Waals surface area contributed by atoms with Crippen molar-refractivity contribution in [2.45, 2.75) is 206 Å². The fraction of sp³-hybridized carbons (Fsp3) is 0.930. The van der Waals surface area contributed by atoms with Crippen LogP contribution >= 0.6 is 7.82 Å². The lowest BCUT2D eigenvalue weighted by molar-refractivity contribution is -0.870. The van der Waals surface area contributed by atoms with Crippen LogP contribution in [0.4, 0.5) is 0 Å². The summed E-state index contributed by atoms with van der Waals surface area (Å²) in [6.07, 6.45) is 39.3. The molecule has 0 aromatic rings. The summed E-state index contributed by atoms with van der Waals surface area (Å²) in [5.74, 6) is -0.334. The number of unbranched alkanes of at least 4 members (excludes halogenated alkanes) is 25. The van der Waals surface area contributed by atoms with Crippen molar-refractivity contribution in [3.63, 3.8) is 0 Å². The lowest BCUT2D eigenvalue weighted by atomic mass is 10.1. The average Bonchev–Trinajstić information content (AvgIpc) is 3.09. The molecule has 0 amide bonds. The molecule has 0 saturated carbocycles. The number of likely N-dealkylation sites (N-methyl/N-ethyl adjacent to an activating group) is 1. The first-order valence-electron chi connectivity index (χ1n) is 21.9. The zero-order chi connectivity index (χ0) is 38.4. The van der Waals surface area contributed by atoms with Crippen molar-refractivity contribution >= 4 is 13.8 Å². The summed E-state index contributed by atoms with van der Waals surface area (Å²) in [6.45, 7) is 5.42. The number of carbonyl (C=O) groups is 1. The van der Waals surface area contributed by atoms with Gasteiger partial charge in [-0.25, -0.2) is 0 Å². The normalized spacial score (nSPS) is 13.9. The molecule has 9 heteroatoms. The van der Waals surface area contributed by atoms with Gasteiger partial charge in [0.05, 0.1) is 34.4 Å². The van der Waals surface area contributed by atoms with Gasteiger partial charge in [0.2, 0.25) is 0 Å². The Bertz CT molecular complexity index is 848. The van der Waals surface area contributed by atoms with Gasteiger partial charge in [-0.2, -0.15) is 0 Å². The van der Waals surface area contributed by atoms with Gasteiger partial charge in [-0.15, -0.1) is 0 Å². The Balaban J connectivity index is 4.16. The van der Waals surface area contributed by atoms with E-state index in [-0.39, 0.29) is 25.8 Å². The number of nitrogens with zero attached hydrogens (tertiary/aromatic N) is 1. The number of phosphoric ester groups is 1. The van der Waals surface area contributed by atoms with Gasteiger partial charge < -0.3 is 27.9 Å². The lowest BCUT2D eigenvalue weighted by Gasteiger charge is -2.28. The predicted octanol–water partition coefficient (Wildman–Crippen LogP) is 12.0. The topological polar surface area (TPSA) is 94.1 Å². The summed E-state index contributed by atoms with van der Waals surface area (Å²) in [5.41, 5.74) is 0. The smallest absolute Gasteiger partial charge is 0.306 e. The van der Waals surface area contributed by atoms with Crippen LogP contribution in [0.5, 0.6) is 0 Å². The van der Waals surface area contributed by atoms with Gasteiger partial charge in [-0.05, 0) is 38.5 Å². The van der Waals surface area contributed by atoms with Crippen LogP contribution in [0, 0.1) is 0 Å². The van der Waals surface area contributed by atoms with Gasteiger partial charge >= 0.3 is 5.97 Å². The third kappa shape index (κ3) is 40.4. The Morgan fingerprint density at radius 3 is 1.46 bits per heavy atom. The van der Waals surface area contributed by atoms with Crippen LogP contribution in [-0.4, -0.2) is 70.7 Å². The summed E-state index contributed by atoms with van der Waals surface area (Å²) >= 11 is 0. The Hall–Kier alpha value is -0.760. The van der Waals surface area contributed by atoms with E-state index in [1.807, 2.05) is 21.1 Å². The highest BCUT2D eigenvalue weighted by Gasteiger charge is 2.20. The van der Waals surface area contributed by atoms with Gasteiger partial charge in [-0.3, -0.25) is 9.36 Å². The van der Waals surface area contributed by atoms with E-state index in [0.29, 0.717) is 24.1 Å². The molecule has 0 aromatic heterocycles. The minimum atomic E-state index is -4.52. The zero-order valence-electron chi connectivity index (χ0n) is 35.0. The minimum absolute atomic E-state index is 0.0286. The monoisotopic (exact) mass is 760 g/mol. The molecule has 0 spiro atoms. The lowest BCUT2D eigenvalue weighted by Crippen LogP contribution is -2.37. The van der Waals surface area contributed by atoms with Crippen LogP contribution in [0.3, 0.4) is 0 Å². The summed E-state index contributed by atoms with van der Waals surface area (Å²) in [6, 6.07) is 0. The molecule has 0 saturated heterocycles. The molecule has 0 N–H and O–H groups in total. The van der Waals surface area contributed by atoms with Crippen molar-refractivity contribution < 1.29 is 37.3 Å². The van der Waals surface area contributed by atoms with Crippen molar-refractivity contribution in [3.05, 3.63) is 12.2 Å². The van der Waals surface area contributed by atoms with Gasteiger partial charge in [0.15, 0.2) is 0 Å². The van der Waals surface area contributed by atoms with Crippen LogP contribution < -0.4 is 4.89 Å². The first kappa shape index (κ1) is 51.2. The van der Waals surface area contributed by atoms with E-state index in [1.165, 1.54) is 148 Å². The highest BCUT2D eigenvalue weighted by atomic mass is 31.2. The molecule has 0 aliphatic carbocycles. The molecule has 52 heavy (non-hydrogen) atoms. The number of ether oxygens (including phenoxy) is 2. The summed E-state index contributed by atoms with van der Waals surface area (Å²) in [4.78, 5) is 25.0.